The van der Waals surface area contributed by atoms with Crippen molar-refractivity contribution in [3.05, 3.63) is 53.6 Å². The summed E-state index contributed by atoms with van der Waals surface area (Å²) in [5.41, 5.74) is 8.66. The van der Waals surface area contributed by atoms with Crippen LogP contribution in [-0.4, -0.2) is 13.0 Å². The summed E-state index contributed by atoms with van der Waals surface area (Å²) in [5, 5.41) is 2.86. The number of nitrogen functional groups attached to an aromatic ring is 1. The van der Waals surface area contributed by atoms with Gasteiger partial charge in [0.25, 0.3) is 5.91 Å². The van der Waals surface area contributed by atoms with Crippen LogP contribution in [0.5, 0.6) is 5.75 Å². The van der Waals surface area contributed by atoms with Gasteiger partial charge < -0.3 is 15.8 Å². The van der Waals surface area contributed by atoms with Crippen LogP contribution in [0.4, 0.5) is 11.4 Å². The molecule has 4 heteroatoms. The zero-order valence-corrected chi connectivity index (χ0v) is 11.6. The van der Waals surface area contributed by atoms with Gasteiger partial charge in [-0.15, -0.1) is 0 Å². The number of rotatable bonds is 4. The van der Waals surface area contributed by atoms with Crippen molar-refractivity contribution in [2.75, 3.05) is 18.2 Å². The topological polar surface area (TPSA) is 64.4 Å². The number of nitrogens with two attached hydrogens (primary N) is 1. The van der Waals surface area contributed by atoms with Gasteiger partial charge in [-0.05, 0) is 30.2 Å². The van der Waals surface area contributed by atoms with E-state index in [0.717, 1.165) is 12.0 Å². The summed E-state index contributed by atoms with van der Waals surface area (Å²) in [4.78, 5) is 12.3. The molecular formula is C16H18N2O2. The summed E-state index contributed by atoms with van der Waals surface area (Å²) < 4.78 is 5.14. The lowest BCUT2D eigenvalue weighted by Crippen LogP contribution is -2.14. The first-order chi connectivity index (χ1) is 9.65. The van der Waals surface area contributed by atoms with Gasteiger partial charge in [-0.2, -0.15) is 0 Å². The van der Waals surface area contributed by atoms with E-state index in [4.69, 9.17) is 10.5 Å². The zero-order valence-electron chi connectivity index (χ0n) is 11.6. The number of hydrogen-bond acceptors (Lipinski definition) is 3. The molecule has 0 radical (unpaired) electrons. The van der Waals surface area contributed by atoms with Gasteiger partial charge in [0.05, 0.1) is 12.8 Å². The van der Waals surface area contributed by atoms with E-state index in [2.05, 4.69) is 5.32 Å². The molecule has 2 rings (SSSR count). The minimum Gasteiger partial charge on any atom is -0.495 e. The highest BCUT2D eigenvalue weighted by Crippen LogP contribution is 2.25. The van der Waals surface area contributed by atoms with E-state index in [1.165, 1.54) is 0 Å². The number of carbonyl (C=O) groups excluding carboxylic acids is 1. The Morgan fingerprint density at radius 3 is 2.70 bits per heavy atom. The Labute approximate surface area is 118 Å². The largest absolute Gasteiger partial charge is 0.495 e. The van der Waals surface area contributed by atoms with Gasteiger partial charge in [-0.25, -0.2) is 0 Å². The van der Waals surface area contributed by atoms with Gasteiger partial charge in [-0.1, -0.05) is 25.1 Å². The fraction of sp³-hybridized carbons (Fsp3) is 0.188. The lowest BCUT2D eigenvalue weighted by molar-refractivity contribution is 0.102. The van der Waals surface area contributed by atoms with E-state index in [0.29, 0.717) is 22.7 Å². The second-order valence-corrected chi connectivity index (χ2v) is 4.42. The Bertz CT molecular complexity index is 624. The molecule has 2 aromatic carbocycles. The molecule has 3 N–H and O–H groups in total. The molecule has 0 aromatic heterocycles. The molecule has 1 amide bonds. The molecule has 0 aliphatic carbocycles. The highest BCUT2D eigenvalue weighted by atomic mass is 16.5. The highest BCUT2D eigenvalue weighted by Gasteiger charge is 2.10. The number of hydrogen-bond donors (Lipinski definition) is 2. The summed E-state index contributed by atoms with van der Waals surface area (Å²) in [6.07, 6.45) is 0.814. The van der Waals surface area contributed by atoms with Crippen LogP contribution in [0.15, 0.2) is 42.5 Å². The van der Waals surface area contributed by atoms with E-state index >= 15 is 0 Å². The molecule has 0 fully saturated rings. The molecule has 0 unspecified atom stereocenters. The predicted octanol–water partition coefficient (Wildman–Crippen LogP) is 3.09. The highest BCUT2D eigenvalue weighted by molar-refractivity contribution is 6.05. The van der Waals surface area contributed by atoms with E-state index in [1.54, 1.807) is 25.3 Å². The molecular weight excluding hydrogens is 252 g/mol. The average Bonchev–Trinajstić information content (AvgIpc) is 2.49. The number of anilines is 2. The van der Waals surface area contributed by atoms with Gasteiger partial charge in [0.15, 0.2) is 0 Å². The minimum atomic E-state index is -0.130. The molecule has 20 heavy (non-hydrogen) atoms. The lowest BCUT2D eigenvalue weighted by Gasteiger charge is -2.11. The van der Waals surface area contributed by atoms with Crippen LogP contribution in [0.25, 0.3) is 0 Å². The Kier molecular flexibility index (Phi) is 4.25. The Hall–Kier alpha value is -2.49. The predicted molar refractivity (Wildman–Crippen MR) is 81.2 cm³/mol. The Morgan fingerprint density at radius 2 is 2.00 bits per heavy atom. The van der Waals surface area contributed by atoms with Crippen LogP contribution < -0.4 is 15.8 Å². The van der Waals surface area contributed by atoms with Crippen LogP contribution in [-0.2, 0) is 6.42 Å². The molecule has 4 nitrogen and oxygen atoms in total. The molecule has 0 aliphatic rings. The summed E-state index contributed by atoms with van der Waals surface area (Å²) >= 11 is 0. The van der Waals surface area contributed by atoms with Crippen molar-refractivity contribution in [1.82, 2.24) is 0 Å². The number of ether oxygens (including phenoxy) is 1. The molecule has 0 saturated heterocycles. The maximum atomic E-state index is 12.3. The third-order valence-electron chi connectivity index (χ3n) is 3.13. The number of methoxy groups -OCH3 is 1. The Balaban J connectivity index is 2.23. The quantitative estimate of drug-likeness (QED) is 0.839. The van der Waals surface area contributed by atoms with Crippen molar-refractivity contribution in [2.24, 2.45) is 0 Å². The molecule has 0 bridgehead atoms. The normalized spacial score (nSPS) is 10.1. The molecule has 0 aliphatic heterocycles. The number of aryl methyl sites for hydroxylation is 1. The number of nitrogens with one attached hydrogen (secondary N) is 1. The van der Waals surface area contributed by atoms with Gasteiger partial charge in [-0.3, -0.25) is 4.79 Å². The second kappa shape index (κ2) is 6.10. The number of amides is 1. The van der Waals surface area contributed by atoms with Crippen LogP contribution in [0, 0.1) is 0 Å². The summed E-state index contributed by atoms with van der Waals surface area (Å²) in [6.45, 7) is 2.03. The molecule has 0 heterocycles. The summed E-state index contributed by atoms with van der Waals surface area (Å²) in [6, 6.07) is 12.7. The first-order valence-electron chi connectivity index (χ1n) is 6.48. The lowest BCUT2D eigenvalue weighted by atomic mass is 10.0. The maximum absolute atomic E-state index is 12.3. The van der Waals surface area contributed by atoms with Gasteiger partial charge in [0.1, 0.15) is 5.75 Å². The fourth-order valence-corrected chi connectivity index (χ4v) is 2.04. The number of carbonyl (C=O) groups is 1. The fourth-order valence-electron chi connectivity index (χ4n) is 2.04. The van der Waals surface area contributed by atoms with Crippen LogP contribution >= 0.6 is 0 Å². The van der Waals surface area contributed by atoms with Crippen LogP contribution in [0.1, 0.15) is 22.8 Å². The van der Waals surface area contributed by atoms with Crippen LogP contribution in [0.2, 0.25) is 0 Å². The third-order valence-corrected chi connectivity index (χ3v) is 3.13. The smallest absolute Gasteiger partial charge is 0.255 e. The Morgan fingerprint density at radius 1 is 1.25 bits per heavy atom. The van der Waals surface area contributed by atoms with Gasteiger partial charge in [0, 0.05) is 17.3 Å². The van der Waals surface area contributed by atoms with E-state index in [1.807, 2.05) is 31.2 Å². The van der Waals surface area contributed by atoms with Crippen molar-refractivity contribution >= 4 is 17.3 Å². The second-order valence-electron chi connectivity index (χ2n) is 4.42. The minimum absolute atomic E-state index is 0.130. The van der Waals surface area contributed by atoms with Crippen molar-refractivity contribution in [3.63, 3.8) is 0 Å². The monoisotopic (exact) mass is 270 g/mol. The van der Waals surface area contributed by atoms with Crippen molar-refractivity contribution in [1.29, 1.82) is 0 Å². The first-order valence-corrected chi connectivity index (χ1v) is 6.48. The van der Waals surface area contributed by atoms with E-state index < -0.39 is 0 Å². The standard InChI is InChI=1S/C16H18N2O2/c1-3-11-6-4-5-7-13(11)16(19)18-12-8-9-14(17)15(10-12)20-2/h4-10H,3,17H2,1-2H3,(H,18,19). The van der Waals surface area contributed by atoms with E-state index in [9.17, 15) is 4.79 Å². The third kappa shape index (κ3) is 2.91. The van der Waals surface area contributed by atoms with Crippen molar-refractivity contribution in [2.45, 2.75) is 13.3 Å². The molecule has 2 aromatic rings. The summed E-state index contributed by atoms with van der Waals surface area (Å²) in [5.74, 6) is 0.417. The first kappa shape index (κ1) is 13.9. The average molecular weight is 270 g/mol. The molecule has 0 atom stereocenters. The van der Waals surface area contributed by atoms with E-state index in [-0.39, 0.29) is 5.91 Å². The molecule has 104 valence electrons. The maximum Gasteiger partial charge on any atom is 0.255 e. The van der Waals surface area contributed by atoms with Crippen LogP contribution in [0.3, 0.4) is 0 Å². The van der Waals surface area contributed by atoms with Gasteiger partial charge >= 0.3 is 0 Å². The molecule has 0 spiro atoms. The van der Waals surface area contributed by atoms with Gasteiger partial charge in [0.2, 0.25) is 0 Å². The van der Waals surface area contributed by atoms with Crippen molar-refractivity contribution < 1.29 is 9.53 Å². The number of benzene rings is 2. The molecule has 0 saturated carbocycles. The van der Waals surface area contributed by atoms with Crippen molar-refractivity contribution in [3.8, 4) is 5.75 Å². The SMILES string of the molecule is CCc1ccccc1C(=O)Nc1ccc(N)c(OC)c1. The zero-order chi connectivity index (χ0) is 14.5. The summed E-state index contributed by atoms with van der Waals surface area (Å²) in [7, 11) is 1.55.